The third-order valence-electron chi connectivity index (χ3n) is 4.33. The molecule has 0 N–H and O–H groups in total. The molecule has 1 rings (SSSR count). The van der Waals surface area contributed by atoms with Crippen molar-refractivity contribution in [2.24, 2.45) is 5.92 Å². The molecule has 0 amide bonds. The quantitative estimate of drug-likeness (QED) is 0.438. The van der Waals surface area contributed by atoms with E-state index < -0.39 is 0 Å². The maximum absolute atomic E-state index is 11.9. The second kappa shape index (κ2) is 11.1. The molecule has 0 unspecified atom stereocenters. The monoisotopic (exact) mass is 284 g/mol. The summed E-state index contributed by atoms with van der Waals surface area (Å²) in [5, 5.41) is 0. The Balaban J connectivity index is 1.95. The van der Waals surface area contributed by atoms with Gasteiger partial charge in [-0.25, -0.2) is 0 Å². The van der Waals surface area contributed by atoms with Crippen LogP contribution in [0.3, 0.4) is 0 Å². The van der Waals surface area contributed by atoms with Crippen LogP contribution in [0, 0.1) is 5.92 Å². The Morgan fingerprint density at radius 1 is 0.950 bits per heavy atom. The van der Waals surface area contributed by atoms with Crippen molar-refractivity contribution >= 4 is 5.97 Å². The van der Waals surface area contributed by atoms with Crippen LogP contribution >= 0.6 is 0 Å². The maximum Gasteiger partial charge on any atom is 0.308 e. The second-order valence-corrected chi connectivity index (χ2v) is 6.00. The van der Waals surface area contributed by atoms with Crippen molar-refractivity contribution in [1.82, 2.24) is 0 Å². The van der Waals surface area contributed by atoms with Crippen LogP contribution in [0.5, 0.6) is 0 Å². The van der Waals surface area contributed by atoms with Gasteiger partial charge in [-0.15, -0.1) is 0 Å². The van der Waals surface area contributed by atoms with Crippen molar-refractivity contribution in [3.05, 3.63) is 0 Å². The zero-order chi connectivity index (χ0) is 14.6. The van der Waals surface area contributed by atoms with Crippen LogP contribution in [0.4, 0.5) is 0 Å². The number of hydrogen-bond donors (Lipinski definition) is 0. The van der Waals surface area contributed by atoms with Crippen LogP contribution < -0.4 is 0 Å². The minimum Gasteiger partial charge on any atom is -0.465 e. The van der Waals surface area contributed by atoms with Crippen LogP contribution in [-0.4, -0.2) is 25.8 Å². The summed E-state index contributed by atoms with van der Waals surface area (Å²) in [7, 11) is 1.75. The number of carbonyl (C=O) groups is 1. The summed E-state index contributed by atoms with van der Waals surface area (Å²) in [5.41, 5.74) is 0. The van der Waals surface area contributed by atoms with Crippen molar-refractivity contribution in [2.45, 2.75) is 83.7 Å². The molecular weight excluding hydrogens is 252 g/mol. The van der Waals surface area contributed by atoms with Crippen LogP contribution in [0.15, 0.2) is 0 Å². The van der Waals surface area contributed by atoms with E-state index in [0.717, 1.165) is 32.1 Å². The minimum atomic E-state index is 0.0190. The van der Waals surface area contributed by atoms with Crippen molar-refractivity contribution in [3.8, 4) is 0 Å². The summed E-state index contributed by atoms with van der Waals surface area (Å²) < 4.78 is 10.7. The molecule has 0 bridgehead atoms. The highest BCUT2D eigenvalue weighted by molar-refractivity contribution is 5.72. The highest BCUT2D eigenvalue weighted by atomic mass is 16.5. The van der Waals surface area contributed by atoms with Gasteiger partial charge in [-0.1, -0.05) is 45.4 Å². The molecule has 3 heteroatoms. The van der Waals surface area contributed by atoms with E-state index in [2.05, 4.69) is 6.92 Å². The first-order chi connectivity index (χ1) is 9.77. The number of carbonyl (C=O) groups excluding carboxylic acids is 1. The highest BCUT2D eigenvalue weighted by Crippen LogP contribution is 2.26. The van der Waals surface area contributed by atoms with Crippen LogP contribution in [0.1, 0.15) is 77.6 Å². The number of ether oxygens (including phenoxy) is 2. The number of unbranched alkanes of at least 4 members (excludes halogenated alkanes) is 6. The van der Waals surface area contributed by atoms with Gasteiger partial charge in [0.15, 0.2) is 0 Å². The smallest absolute Gasteiger partial charge is 0.308 e. The molecule has 0 aromatic heterocycles. The van der Waals surface area contributed by atoms with Gasteiger partial charge in [0.05, 0.1) is 18.6 Å². The normalized spacial score (nSPS) is 22.7. The van der Waals surface area contributed by atoms with E-state index in [1.54, 1.807) is 7.11 Å². The summed E-state index contributed by atoms with van der Waals surface area (Å²) in [6, 6.07) is 0. The number of methoxy groups -OCH3 is 1. The zero-order valence-electron chi connectivity index (χ0n) is 13.4. The Labute approximate surface area is 124 Å². The molecule has 118 valence electrons. The summed E-state index contributed by atoms with van der Waals surface area (Å²) in [6.07, 6.45) is 13.0. The van der Waals surface area contributed by atoms with E-state index in [0.29, 0.717) is 12.7 Å². The van der Waals surface area contributed by atoms with Gasteiger partial charge in [0.25, 0.3) is 0 Å². The summed E-state index contributed by atoms with van der Waals surface area (Å²) in [5.74, 6) is 0.136. The Bertz CT molecular complexity index is 245. The molecular formula is C17H32O3. The van der Waals surface area contributed by atoms with E-state index in [1.807, 2.05) is 0 Å². The molecule has 20 heavy (non-hydrogen) atoms. The first-order valence-corrected chi connectivity index (χ1v) is 8.47. The van der Waals surface area contributed by atoms with E-state index in [4.69, 9.17) is 9.47 Å². The SMILES string of the molecule is CCCCCCCCCOC(=O)C1CCC(OC)CC1. The van der Waals surface area contributed by atoms with Gasteiger partial charge < -0.3 is 9.47 Å². The standard InChI is InChI=1S/C17H32O3/c1-3-4-5-6-7-8-9-14-20-17(18)15-10-12-16(19-2)13-11-15/h15-16H,3-14H2,1-2H3. The van der Waals surface area contributed by atoms with Gasteiger partial charge in [-0.3, -0.25) is 4.79 Å². The average Bonchev–Trinajstić information content (AvgIpc) is 2.50. The largest absolute Gasteiger partial charge is 0.465 e. The number of rotatable bonds is 10. The molecule has 0 radical (unpaired) electrons. The number of hydrogen-bond acceptors (Lipinski definition) is 3. The molecule has 0 aromatic rings. The van der Waals surface area contributed by atoms with Gasteiger partial charge in [0.2, 0.25) is 0 Å². The molecule has 0 aromatic carbocycles. The van der Waals surface area contributed by atoms with Crippen molar-refractivity contribution < 1.29 is 14.3 Å². The third-order valence-corrected chi connectivity index (χ3v) is 4.33. The summed E-state index contributed by atoms with van der Waals surface area (Å²) >= 11 is 0. The molecule has 1 fully saturated rings. The lowest BCUT2D eigenvalue weighted by Crippen LogP contribution is -2.27. The van der Waals surface area contributed by atoms with Crippen LogP contribution in [0.2, 0.25) is 0 Å². The zero-order valence-corrected chi connectivity index (χ0v) is 13.4. The lowest BCUT2D eigenvalue weighted by molar-refractivity contribution is -0.150. The maximum atomic E-state index is 11.9. The molecule has 0 spiro atoms. The van der Waals surface area contributed by atoms with Gasteiger partial charge >= 0.3 is 5.97 Å². The molecule has 1 saturated carbocycles. The first-order valence-electron chi connectivity index (χ1n) is 8.47. The lowest BCUT2D eigenvalue weighted by Gasteiger charge is -2.26. The molecule has 3 nitrogen and oxygen atoms in total. The Morgan fingerprint density at radius 2 is 1.55 bits per heavy atom. The Hall–Kier alpha value is -0.570. The van der Waals surface area contributed by atoms with Crippen molar-refractivity contribution in [1.29, 1.82) is 0 Å². The van der Waals surface area contributed by atoms with E-state index in [-0.39, 0.29) is 11.9 Å². The predicted molar refractivity (Wildman–Crippen MR) is 81.7 cm³/mol. The van der Waals surface area contributed by atoms with Crippen molar-refractivity contribution in [3.63, 3.8) is 0 Å². The van der Waals surface area contributed by atoms with Gasteiger partial charge in [-0.05, 0) is 32.1 Å². The minimum absolute atomic E-state index is 0.0190. The molecule has 0 heterocycles. The predicted octanol–water partition coefficient (Wildman–Crippen LogP) is 4.49. The Morgan fingerprint density at radius 3 is 2.15 bits per heavy atom. The summed E-state index contributed by atoms with van der Waals surface area (Å²) in [4.78, 5) is 11.9. The fourth-order valence-electron chi connectivity index (χ4n) is 2.88. The average molecular weight is 284 g/mol. The molecule has 1 aliphatic carbocycles. The van der Waals surface area contributed by atoms with Gasteiger partial charge in [0, 0.05) is 7.11 Å². The van der Waals surface area contributed by atoms with E-state index in [1.165, 1.54) is 38.5 Å². The summed E-state index contributed by atoms with van der Waals surface area (Å²) in [6.45, 7) is 2.84. The fraction of sp³-hybridized carbons (Fsp3) is 0.941. The molecule has 0 aliphatic heterocycles. The highest BCUT2D eigenvalue weighted by Gasteiger charge is 2.27. The lowest BCUT2D eigenvalue weighted by atomic mass is 9.87. The first kappa shape index (κ1) is 17.5. The topological polar surface area (TPSA) is 35.5 Å². The fourth-order valence-corrected chi connectivity index (χ4v) is 2.88. The third kappa shape index (κ3) is 7.28. The van der Waals surface area contributed by atoms with E-state index >= 15 is 0 Å². The number of esters is 1. The van der Waals surface area contributed by atoms with Gasteiger partial charge in [-0.2, -0.15) is 0 Å². The molecule has 0 atom stereocenters. The van der Waals surface area contributed by atoms with Gasteiger partial charge in [0.1, 0.15) is 0 Å². The van der Waals surface area contributed by atoms with Crippen molar-refractivity contribution in [2.75, 3.05) is 13.7 Å². The van der Waals surface area contributed by atoms with Crippen LogP contribution in [-0.2, 0) is 14.3 Å². The Kier molecular flexibility index (Phi) is 9.73. The molecule has 0 saturated heterocycles. The molecule has 1 aliphatic rings. The van der Waals surface area contributed by atoms with E-state index in [9.17, 15) is 4.79 Å². The van der Waals surface area contributed by atoms with Crippen LogP contribution in [0.25, 0.3) is 0 Å². The second-order valence-electron chi connectivity index (χ2n) is 6.00.